The van der Waals surface area contributed by atoms with Gasteiger partial charge in [0.2, 0.25) is 12.7 Å². The number of fused-ring (bicyclic) bond motifs is 2. The van der Waals surface area contributed by atoms with Gasteiger partial charge in [-0.3, -0.25) is 9.59 Å². The Labute approximate surface area is 160 Å². The minimum Gasteiger partial charge on any atom is -0.454 e. The number of hydrogen-bond acceptors (Lipinski definition) is 7. The second-order valence-electron chi connectivity index (χ2n) is 6.58. The molecule has 0 spiro atoms. The maximum atomic E-state index is 12.7. The number of nitriles is 1. The molecule has 1 saturated carbocycles. The van der Waals surface area contributed by atoms with Crippen molar-refractivity contribution in [1.82, 2.24) is 0 Å². The van der Waals surface area contributed by atoms with E-state index in [0.29, 0.717) is 34.9 Å². The smallest absolute Gasteiger partial charge is 0.231 e. The van der Waals surface area contributed by atoms with Gasteiger partial charge in [0.1, 0.15) is 10.8 Å². The van der Waals surface area contributed by atoms with E-state index >= 15 is 0 Å². The normalized spacial score (nSPS) is 23.5. The van der Waals surface area contributed by atoms with Crippen molar-refractivity contribution in [1.29, 1.82) is 5.26 Å². The molecule has 4 rings (SSSR count). The van der Waals surface area contributed by atoms with Crippen LogP contribution in [0.2, 0.25) is 0 Å². The third-order valence-electron chi connectivity index (χ3n) is 4.91. The Kier molecular flexibility index (Phi) is 4.62. The van der Waals surface area contributed by atoms with Crippen LogP contribution in [0.25, 0.3) is 0 Å². The van der Waals surface area contributed by atoms with Crippen LogP contribution in [0.5, 0.6) is 11.5 Å². The summed E-state index contributed by atoms with van der Waals surface area (Å²) in [5, 5.41) is 10.3. The Morgan fingerprint density at radius 3 is 2.89 bits per heavy atom. The van der Waals surface area contributed by atoms with E-state index in [9.17, 15) is 14.9 Å². The second kappa shape index (κ2) is 7.08. The molecule has 2 heterocycles. The number of ether oxygens (including phenoxy) is 2. The monoisotopic (exact) mass is 383 g/mol. The van der Waals surface area contributed by atoms with Crippen LogP contribution in [-0.2, 0) is 9.59 Å². The molecule has 2 N–H and O–H groups in total. The van der Waals surface area contributed by atoms with E-state index in [0.717, 1.165) is 29.5 Å². The number of allylic oxidation sites excluding steroid dienone is 1. The number of nitrogens with two attached hydrogens (primary N) is 1. The van der Waals surface area contributed by atoms with Gasteiger partial charge in [-0.05, 0) is 30.5 Å². The lowest BCUT2D eigenvalue weighted by molar-refractivity contribution is -0.122. The molecule has 1 aliphatic carbocycles. The number of carbonyl (C=O) groups is 2. The van der Waals surface area contributed by atoms with Gasteiger partial charge in [0.15, 0.2) is 11.5 Å². The molecule has 27 heavy (non-hydrogen) atoms. The maximum Gasteiger partial charge on any atom is 0.231 e. The minimum atomic E-state index is -0.480. The van der Waals surface area contributed by atoms with Gasteiger partial charge in [0.05, 0.1) is 23.3 Å². The lowest BCUT2D eigenvalue weighted by atomic mass is 9.70. The van der Waals surface area contributed by atoms with Crippen molar-refractivity contribution < 1.29 is 19.1 Å². The molecule has 0 bridgehead atoms. The molecular formula is C19H17N3O4S. The Hall–Kier alpha value is -2.79. The average molecular weight is 383 g/mol. The van der Waals surface area contributed by atoms with Gasteiger partial charge in [-0.2, -0.15) is 5.26 Å². The largest absolute Gasteiger partial charge is 0.454 e. The Morgan fingerprint density at radius 1 is 1.30 bits per heavy atom. The molecular weight excluding hydrogens is 366 g/mol. The molecule has 0 unspecified atom stereocenters. The number of carbonyl (C=O) groups excluding carboxylic acids is 2. The van der Waals surface area contributed by atoms with Gasteiger partial charge >= 0.3 is 0 Å². The molecule has 1 fully saturated rings. The zero-order chi connectivity index (χ0) is 19.0. The van der Waals surface area contributed by atoms with Crippen LogP contribution in [0.1, 0.15) is 30.7 Å². The molecule has 7 nitrogen and oxygen atoms in total. The molecule has 8 heteroatoms. The first-order chi connectivity index (χ1) is 13.1. The zero-order valence-corrected chi connectivity index (χ0v) is 15.3. The predicted octanol–water partition coefficient (Wildman–Crippen LogP) is 2.28. The molecule has 2 atom stereocenters. The second-order valence-corrected chi connectivity index (χ2v) is 7.54. The highest BCUT2D eigenvalue weighted by molar-refractivity contribution is 8.03. The van der Waals surface area contributed by atoms with E-state index in [2.05, 4.69) is 11.1 Å². The molecule has 2 aliphatic heterocycles. The minimum absolute atomic E-state index is 0.0315. The lowest BCUT2D eigenvalue weighted by Crippen LogP contribution is -2.37. The van der Waals surface area contributed by atoms with Crippen LogP contribution in [0.15, 0.2) is 33.8 Å². The number of hydrogen-bond donors (Lipinski definition) is 1. The summed E-state index contributed by atoms with van der Waals surface area (Å²) < 4.78 is 10.8. The molecule has 138 valence electrons. The van der Waals surface area contributed by atoms with Gasteiger partial charge in [0, 0.05) is 18.1 Å². The summed E-state index contributed by atoms with van der Waals surface area (Å²) in [6.07, 6.45) is 1.93. The summed E-state index contributed by atoms with van der Waals surface area (Å²) in [6, 6.07) is 7.70. The number of benzene rings is 1. The van der Waals surface area contributed by atoms with Crippen molar-refractivity contribution in [2.24, 2.45) is 16.6 Å². The van der Waals surface area contributed by atoms with Crippen LogP contribution in [0.3, 0.4) is 0 Å². The number of amides is 1. The maximum absolute atomic E-state index is 12.7. The third-order valence-corrected chi connectivity index (χ3v) is 5.92. The van der Waals surface area contributed by atoms with Gasteiger partial charge in [0.25, 0.3) is 0 Å². The van der Waals surface area contributed by atoms with E-state index in [4.69, 9.17) is 15.2 Å². The summed E-state index contributed by atoms with van der Waals surface area (Å²) in [7, 11) is 0. The number of rotatable bonds is 4. The summed E-state index contributed by atoms with van der Waals surface area (Å²) in [5.41, 5.74) is 7.24. The predicted molar refractivity (Wildman–Crippen MR) is 99.4 cm³/mol. The van der Waals surface area contributed by atoms with E-state index in [1.54, 1.807) is 6.07 Å². The number of Topliss-reactive ketones (excluding diaryl/α,β-unsaturated/α-hetero) is 1. The molecule has 3 aliphatic rings. The van der Waals surface area contributed by atoms with Crippen molar-refractivity contribution in [2.75, 3.05) is 12.5 Å². The SMILES string of the molecule is N#CC1=C(SCC(N)=O)N=C2CCCC(=O)[C@@H]2[C@H]1c1ccc2c(c1)OCO2. The zero-order valence-electron chi connectivity index (χ0n) is 14.4. The lowest BCUT2D eigenvalue weighted by Gasteiger charge is -2.34. The van der Waals surface area contributed by atoms with Crippen molar-refractivity contribution in [2.45, 2.75) is 25.2 Å². The summed E-state index contributed by atoms with van der Waals surface area (Å²) in [5.74, 6) is -0.00979. The Morgan fingerprint density at radius 2 is 2.11 bits per heavy atom. The molecule has 1 amide bonds. The fraction of sp³-hybridized carbons (Fsp3) is 0.368. The van der Waals surface area contributed by atoms with Gasteiger partial charge in [-0.25, -0.2) is 4.99 Å². The van der Waals surface area contributed by atoms with Crippen molar-refractivity contribution in [3.8, 4) is 17.6 Å². The third kappa shape index (κ3) is 3.19. The van der Waals surface area contributed by atoms with Crippen LogP contribution in [0.4, 0.5) is 0 Å². The van der Waals surface area contributed by atoms with Crippen LogP contribution < -0.4 is 15.2 Å². The molecule has 0 saturated heterocycles. The average Bonchev–Trinajstić information content (AvgIpc) is 3.13. The van der Waals surface area contributed by atoms with Crippen molar-refractivity contribution in [3.05, 3.63) is 34.4 Å². The summed E-state index contributed by atoms with van der Waals surface area (Å²) >= 11 is 1.15. The van der Waals surface area contributed by atoms with Crippen molar-refractivity contribution >= 4 is 29.2 Å². The quantitative estimate of drug-likeness (QED) is 0.853. The standard InChI is InChI=1S/C19H17N3O4S/c20-7-11-17(10-4-5-14-15(6-10)26-9-25-14)18-12(2-1-3-13(18)23)22-19(11)27-8-16(21)24/h4-6,17-18H,1-3,8-9H2,(H2,21,24)/t17-,18+/m0/s1. The number of primary amides is 1. The molecule has 0 radical (unpaired) electrons. The van der Waals surface area contributed by atoms with Gasteiger partial charge in [-0.15, -0.1) is 0 Å². The summed E-state index contributed by atoms with van der Waals surface area (Å²) in [4.78, 5) is 28.5. The van der Waals surface area contributed by atoms with Crippen LogP contribution >= 0.6 is 11.8 Å². The highest BCUT2D eigenvalue weighted by Crippen LogP contribution is 2.46. The topological polar surface area (TPSA) is 115 Å². The van der Waals surface area contributed by atoms with E-state index in [1.165, 1.54) is 0 Å². The number of nitrogens with zero attached hydrogens (tertiary/aromatic N) is 2. The van der Waals surface area contributed by atoms with Gasteiger partial charge < -0.3 is 15.2 Å². The number of aliphatic imine (C=N–C) groups is 1. The molecule has 1 aromatic rings. The number of thioether (sulfide) groups is 1. The number of ketones is 1. The van der Waals surface area contributed by atoms with E-state index in [-0.39, 0.29) is 18.3 Å². The van der Waals surface area contributed by atoms with E-state index in [1.807, 2.05) is 12.1 Å². The Balaban J connectivity index is 1.82. The Bertz CT molecular complexity index is 931. The summed E-state index contributed by atoms with van der Waals surface area (Å²) in [6.45, 7) is 0.152. The first-order valence-electron chi connectivity index (χ1n) is 8.63. The highest BCUT2D eigenvalue weighted by atomic mass is 32.2. The van der Waals surface area contributed by atoms with Gasteiger partial charge in [-0.1, -0.05) is 17.8 Å². The van der Waals surface area contributed by atoms with Crippen LogP contribution in [0, 0.1) is 17.2 Å². The van der Waals surface area contributed by atoms with Crippen molar-refractivity contribution in [3.63, 3.8) is 0 Å². The first kappa shape index (κ1) is 17.6. The highest BCUT2D eigenvalue weighted by Gasteiger charge is 2.42. The van der Waals surface area contributed by atoms with Crippen LogP contribution in [-0.4, -0.2) is 29.9 Å². The fourth-order valence-corrected chi connectivity index (χ4v) is 4.56. The molecule has 0 aromatic heterocycles. The molecule has 1 aromatic carbocycles. The first-order valence-corrected chi connectivity index (χ1v) is 9.62. The fourth-order valence-electron chi connectivity index (χ4n) is 3.77. The van der Waals surface area contributed by atoms with E-state index < -0.39 is 17.7 Å².